The van der Waals surface area contributed by atoms with Gasteiger partial charge in [-0.25, -0.2) is 0 Å². The molecule has 2 heterocycles. The molecule has 1 N–H and O–H groups in total. The number of fused-ring (bicyclic) bond motifs is 1. The number of aromatic nitrogens is 2. The Bertz CT molecular complexity index is 741. The molecule has 3 aromatic rings. The molecule has 110 valence electrons. The number of nitrogens with one attached hydrogen (secondary N) is 1. The highest BCUT2D eigenvalue weighted by atomic mass is 32.1. The molecule has 3 rings (SSSR count). The minimum absolute atomic E-state index is 0.292. The van der Waals surface area contributed by atoms with Crippen LogP contribution in [0.5, 0.6) is 0 Å². The molecule has 1 atom stereocenters. The largest absolute Gasteiger partial charge is 0.311 e. The van der Waals surface area contributed by atoms with Gasteiger partial charge in [0.15, 0.2) is 0 Å². The number of rotatable bonds is 5. The van der Waals surface area contributed by atoms with Crippen LogP contribution in [-0.4, -0.2) is 16.8 Å². The molecule has 1 aromatic carbocycles. The maximum Gasteiger partial charge on any atom is 0.0625 e. The number of likely N-dealkylation sites (N-methyl/N-ethyl adjacent to an activating group) is 1. The van der Waals surface area contributed by atoms with Gasteiger partial charge in [0, 0.05) is 11.7 Å². The van der Waals surface area contributed by atoms with Crippen LogP contribution in [0.4, 0.5) is 0 Å². The van der Waals surface area contributed by atoms with E-state index < -0.39 is 0 Å². The van der Waals surface area contributed by atoms with E-state index in [1.807, 2.05) is 30.1 Å². The van der Waals surface area contributed by atoms with E-state index in [4.69, 9.17) is 0 Å². The molecule has 21 heavy (non-hydrogen) atoms. The smallest absolute Gasteiger partial charge is 0.0625 e. The molecular weight excluding hydrogens is 278 g/mol. The second kappa shape index (κ2) is 6.00. The highest BCUT2D eigenvalue weighted by Crippen LogP contribution is 2.29. The molecule has 4 heteroatoms. The number of benzene rings is 1. The third-order valence-corrected chi connectivity index (χ3v) is 5.03. The monoisotopic (exact) mass is 299 g/mol. The molecule has 0 radical (unpaired) electrons. The molecule has 0 saturated carbocycles. The Hall–Kier alpha value is -1.65. The second-order valence-electron chi connectivity index (χ2n) is 5.34. The second-order valence-corrected chi connectivity index (χ2v) is 6.25. The summed E-state index contributed by atoms with van der Waals surface area (Å²) in [5.41, 5.74) is 3.82. The first kappa shape index (κ1) is 14.3. The zero-order valence-electron chi connectivity index (χ0n) is 12.8. The topological polar surface area (TPSA) is 29.9 Å². The maximum absolute atomic E-state index is 4.57. The van der Waals surface area contributed by atoms with Gasteiger partial charge in [-0.2, -0.15) is 5.10 Å². The van der Waals surface area contributed by atoms with Crippen molar-refractivity contribution in [2.45, 2.75) is 25.8 Å². The summed E-state index contributed by atoms with van der Waals surface area (Å²) < 4.78 is 3.37. The van der Waals surface area contributed by atoms with Crippen molar-refractivity contribution in [3.63, 3.8) is 0 Å². The normalized spacial score (nSPS) is 12.9. The maximum atomic E-state index is 4.57. The van der Waals surface area contributed by atoms with E-state index >= 15 is 0 Å². The van der Waals surface area contributed by atoms with Crippen LogP contribution in [0, 0.1) is 0 Å². The van der Waals surface area contributed by atoms with Crippen molar-refractivity contribution in [2.24, 2.45) is 7.05 Å². The fourth-order valence-electron chi connectivity index (χ4n) is 2.81. The molecule has 2 aromatic heterocycles. The summed E-state index contributed by atoms with van der Waals surface area (Å²) in [6, 6.07) is 11.1. The fourth-order valence-corrected chi connectivity index (χ4v) is 3.78. The number of hydrogen-bond acceptors (Lipinski definition) is 3. The minimum Gasteiger partial charge on any atom is -0.311 e. The van der Waals surface area contributed by atoms with E-state index in [0.29, 0.717) is 6.04 Å². The van der Waals surface area contributed by atoms with Crippen molar-refractivity contribution in [3.05, 3.63) is 52.7 Å². The molecule has 0 bridgehead atoms. The van der Waals surface area contributed by atoms with Crippen molar-refractivity contribution in [1.29, 1.82) is 0 Å². The zero-order chi connectivity index (χ0) is 14.8. The van der Waals surface area contributed by atoms with Gasteiger partial charge >= 0.3 is 0 Å². The van der Waals surface area contributed by atoms with E-state index in [1.165, 1.54) is 21.3 Å². The quantitative estimate of drug-likeness (QED) is 0.778. The summed E-state index contributed by atoms with van der Waals surface area (Å²) in [5.74, 6) is 0. The van der Waals surface area contributed by atoms with Gasteiger partial charge in [-0.15, -0.1) is 11.3 Å². The Kier molecular flexibility index (Phi) is 4.08. The molecule has 0 aliphatic heterocycles. The average molecular weight is 299 g/mol. The Labute approximate surface area is 129 Å². The van der Waals surface area contributed by atoms with Crippen molar-refractivity contribution < 1.29 is 0 Å². The van der Waals surface area contributed by atoms with Crippen LogP contribution in [0.15, 0.2) is 35.7 Å². The number of nitrogens with zero attached hydrogens (tertiary/aromatic N) is 2. The summed E-state index contributed by atoms with van der Waals surface area (Å²) >= 11 is 1.83. The Morgan fingerprint density at radius 2 is 2.14 bits per heavy atom. The van der Waals surface area contributed by atoms with Crippen LogP contribution in [0.2, 0.25) is 0 Å². The van der Waals surface area contributed by atoms with Gasteiger partial charge in [0.2, 0.25) is 0 Å². The molecule has 1 unspecified atom stereocenters. The van der Waals surface area contributed by atoms with Gasteiger partial charge in [-0.05, 0) is 48.4 Å². The fraction of sp³-hybridized carbons (Fsp3) is 0.353. The lowest BCUT2D eigenvalue weighted by atomic mass is 10.0. The van der Waals surface area contributed by atoms with E-state index in [9.17, 15) is 0 Å². The SMILES string of the molecule is CCc1cc(C(Cc2csc3ccccc23)NC)n(C)n1. The van der Waals surface area contributed by atoms with Gasteiger partial charge in [0.1, 0.15) is 0 Å². The summed E-state index contributed by atoms with van der Waals surface area (Å²) in [7, 11) is 4.06. The molecule has 0 spiro atoms. The van der Waals surface area contributed by atoms with Crippen LogP contribution in [0.25, 0.3) is 10.1 Å². The predicted molar refractivity (Wildman–Crippen MR) is 89.9 cm³/mol. The highest BCUT2D eigenvalue weighted by molar-refractivity contribution is 7.17. The lowest BCUT2D eigenvalue weighted by Gasteiger charge is -2.16. The molecular formula is C17H21N3S. The van der Waals surface area contributed by atoms with Gasteiger partial charge in [-0.1, -0.05) is 25.1 Å². The first-order valence-electron chi connectivity index (χ1n) is 7.38. The number of thiophene rings is 1. The lowest BCUT2D eigenvalue weighted by molar-refractivity contribution is 0.538. The number of hydrogen-bond donors (Lipinski definition) is 1. The summed E-state index contributed by atoms with van der Waals surface area (Å²) in [4.78, 5) is 0. The minimum atomic E-state index is 0.292. The number of aryl methyl sites for hydroxylation is 2. The third-order valence-electron chi connectivity index (χ3n) is 4.02. The Balaban J connectivity index is 1.92. The first-order valence-corrected chi connectivity index (χ1v) is 8.26. The summed E-state index contributed by atoms with van der Waals surface area (Å²) in [6.45, 7) is 2.15. The third kappa shape index (κ3) is 2.74. The Morgan fingerprint density at radius 1 is 1.33 bits per heavy atom. The van der Waals surface area contributed by atoms with Gasteiger partial charge in [0.25, 0.3) is 0 Å². The lowest BCUT2D eigenvalue weighted by Crippen LogP contribution is -2.21. The van der Waals surface area contributed by atoms with Crippen molar-refractivity contribution >= 4 is 21.4 Å². The molecule has 0 saturated heterocycles. The van der Waals surface area contributed by atoms with Crippen LogP contribution < -0.4 is 5.32 Å². The molecule has 0 aliphatic rings. The zero-order valence-corrected chi connectivity index (χ0v) is 13.6. The molecule has 0 aliphatic carbocycles. The Morgan fingerprint density at radius 3 is 2.86 bits per heavy atom. The van der Waals surface area contributed by atoms with Crippen molar-refractivity contribution in [3.8, 4) is 0 Å². The molecule has 0 amide bonds. The standard InChI is InChI=1S/C17H21N3S/c1-4-13-10-16(20(3)19-13)15(18-2)9-12-11-21-17-8-6-5-7-14(12)17/h5-8,10-11,15,18H,4,9H2,1-3H3. The van der Waals surface area contributed by atoms with Crippen LogP contribution in [0.1, 0.15) is 29.9 Å². The van der Waals surface area contributed by atoms with Gasteiger partial charge < -0.3 is 5.32 Å². The molecule has 0 fully saturated rings. The summed E-state index contributed by atoms with van der Waals surface area (Å²) in [5, 5.41) is 11.7. The van der Waals surface area contributed by atoms with Crippen LogP contribution >= 0.6 is 11.3 Å². The highest BCUT2D eigenvalue weighted by Gasteiger charge is 2.17. The van der Waals surface area contributed by atoms with E-state index in [-0.39, 0.29) is 0 Å². The van der Waals surface area contributed by atoms with Gasteiger partial charge in [0.05, 0.1) is 17.4 Å². The molecule has 3 nitrogen and oxygen atoms in total. The van der Waals surface area contributed by atoms with Crippen molar-refractivity contribution in [1.82, 2.24) is 15.1 Å². The van der Waals surface area contributed by atoms with E-state index in [0.717, 1.165) is 18.5 Å². The first-order chi connectivity index (χ1) is 10.2. The summed E-state index contributed by atoms with van der Waals surface area (Å²) in [6.07, 6.45) is 1.97. The van der Waals surface area contributed by atoms with Gasteiger partial charge in [-0.3, -0.25) is 4.68 Å². The predicted octanol–water partition coefficient (Wildman–Crippen LogP) is 3.70. The van der Waals surface area contributed by atoms with E-state index in [1.54, 1.807) is 0 Å². The average Bonchev–Trinajstić information content (AvgIpc) is 3.08. The van der Waals surface area contributed by atoms with Crippen molar-refractivity contribution in [2.75, 3.05) is 7.05 Å². The van der Waals surface area contributed by atoms with E-state index in [2.05, 4.69) is 53.1 Å². The van der Waals surface area contributed by atoms with Crippen LogP contribution in [0.3, 0.4) is 0 Å². The van der Waals surface area contributed by atoms with Crippen LogP contribution in [-0.2, 0) is 19.9 Å².